The van der Waals surface area contributed by atoms with E-state index in [0.29, 0.717) is 11.1 Å². The summed E-state index contributed by atoms with van der Waals surface area (Å²) in [4.78, 5) is 26.2. The van der Waals surface area contributed by atoms with E-state index in [0.717, 1.165) is 33.4 Å². The van der Waals surface area contributed by atoms with Crippen molar-refractivity contribution >= 4 is 19.1 Å². The van der Waals surface area contributed by atoms with E-state index in [1.54, 1.807) is 6.92 Å². The first kappa shape index (κ1) is 23.2. The number of rotatable bonds is 5. The summed E-state index contributed by atoms with van der Waals surface area (Å²) >= 11 is 0. The number of carbonyl (C=O) groups excluding carboxylic acids is 2. The van der Waals surface area contributed by atoms with Crippen LogP contribution in [0.3, 0.4) is 0 Å². The zero-order chi connectivity index (χ0) is 22.3. The second kappa shape index (κ2) is 8.32. The predicted molar refractivity (Wildman–Crippen MR) is 121 cm³/mol. The molecule has 0 spiro atoms. The quantitative estimate of drug-likeness (QED) is 0.403. The molecular formula is C25H32O3P. The van der Waals surface area contributed by atoms with Gasteiger partial charge in [0, 0.05) is 11.1 Å². The first-order valence-electron chi connectivity index (χ1n) is 10.00. The van der Waals surface area contributed by atoms with E-state index in [2.05, 4.69) is 20.8 Å². The maximum atomic E-state index is 13.2. The summed E-state index contributed by atoms with van der Waals surface area (Å²) in [6, 6.07) is 7.87. The van der Waals surface area contributed by atoms with Crippen LogP contribution in [0.25, 0.3) is 0 Å². The van der Waals surface area contributed by atoms with Gasteiger partial charge in [0.1, 0.15) is 0 Å². The van der Waals surface area contributed by atoms with Gasteiger partial charge < -0.3 is 0 Å². The fraction of sp³-hybridized carbons (Fsp3) is 0.440. The van der Waals surface area contributed by atoms with Crippen LogP contribution in [0.4, 0.5) is 0 Å². The number of hydrogen-bond acceptors (Lipinski definition) is 3. The average molecular weight is 412 g/mol. The Morgan fingerprint density at radius 3 is 1.62 bits per heavy atom. The highest BCUT2D eigenvalue weighted by Gasteiger charge is 2.31. The van der Waals surface area contributed by atoms with Crippen molar-refractivity contribution < 1.29 is 14.2 Å². The van der Waals surface area contributed by atoms with Gasteiger partial charge in [0.25, 0.3) is 0 Å². The fourth-order valence-corrected chi connectivity index (χ4v) is 5.17. The lowest BCUT2D eigenvalue weighted by molar-refractivity contribution is 0.0981. The van der Waals surface area contributed by atoms with Crippen molar-refractivity contribution in [3.8, 4) is 0 Å². The first-order valence-corrected chi connectivity index (χ1v) is 11.3. The van der Waals surface area contributed by atoms with E-state index >= 15 is 0 Å². The zero-order valence-corrected chi connectivity index (χ0v) is 20.0. The van der Waals surface area contributed by atoms with Crippen molar-refractivity contribution in [2.24, 2.45) is 0 Å². The minimum absolute atomic E-state index is 0.0235. The Balaban J connectivity index is 2.40. The van der Waals surface area contributed by atoms with E-state index < -0.39 is 19.0 Å². The third kappa shape index (κ3) is 4.73. The number of hydrogen-bond donors (Lipinski definition) is 0. The molecule has 155 valence electrons. The molecule has 2 aromatic carbocycles. The highest BCUT2D eigenvalue weighted by atomic mass is 31.1. The second-order valence-corrected chi connectivity index (χ2v) is 11.0. The van der Waals surface area contributed by atoms with Crippen LogP contribution >= 0.6 is 7.80 Å². The fourth-order valence-electron chi connectivity index (χ4n) is 3.90. The summed E-state index contributed by atoms with van der Waals surface area (Å²) in [6.45, 7) is 17.5. The number of benzene rings is 2. The highest BCUT2D eigenvalue weighted by Crippen LogP contribution is 2.38. The maximum Gasteiger partial charge on any atom is 0.243 e. The molecule has 0 amide bonds. The van der Waals surface area contributed by atoms with Gasteiger partial charge in [0.2, 0.25) is 5.52 Å². The minimum atomic E-state index is -2.38. The van der Waals surface area contributed by atoms with Gasteiger partial charge in [0.05, 0.1) is 5.66 Å². The van der Waals surface area contributed by atoms with Crippen molar-refractivity contribution in [1.29, 1.82) is 0 Å². The second-order valence-electron chi connectivity index (χ2n) is 9.18. The van der Waals surface area contributed by atoms with Crippen LogP contribution in [0.5, 0.6) is 0 Å². The lowest BCUT2D eigenvalue weighted by Crippen LogP contribution is -2.20. The topological polar surface area (TPSA) is 51.2 Å². The molecule has 0 aliphatic carbocycles. The van der Waals surface area contributed by atoms with Crippen LogP contribution in [0.2, 0.25) is 0 Å². The monoisotopic (exact) mass is 411 g/mol. The summed E-state index contributed by atoms with van der Waals surface area (Å²) in [7, 11) is -2.38. The third-order valence-corrected chi connectivity index (χ3v) is 7.03. The van der Waals surface area contributed by atoms with E-state index in [1.165, 1.54) is 0 Å². The lowest BCUT2D eigenvalue weighted by atomic mass is 9.83. The molecule has 0 heterocycles. The van der Waals surface area contributed by atoms with Crippen molar-refractivity contribution in [3.63, 3.8) is 0 Å². The molecule has 0 saturated carbocycles. The van der Waals surface area contributed by atoms with Gasteiger partial charge in [-0.05, 0) is 74.8 Å². The van der Waals surface area contributed by atoms with Crippen molar-refractivity contribution in [1.82, 2.24) is 0 Å². The normalized spacial score (nSPS) is 13.2. The standard InChI is InChI=1S/C25H32O3P/c1-14-10-15(2)22(16(3)11-14)24(27)29(28)19(6)23(26)21-17(4)12-20(13-18(21)5)25(7,8)9/h10-13,19H,1-9H3. The molecule has 0 aromatic heterocycles. The summed E-state index contributed by atoms with van der Waals surface area (Å²) in [5, 5.41) is 0. The Hall–Kier alpha value is -2.12. The van der Waals surface area contributed by atoms with Crippen molar-refractivity contribution in [2.75, 3.05) is 0 Å². The van der Waals surface area contributed by atoms with E-state index in [1.807, 2.05) is 58.9 Å². The molecule has 2 unspecified atom stereocenters. The summed E-state index contributed by atoms with van der Waals surface area (Å²) in [5.41, 5.74) is 5.29. The molecule has 0 bridgehead atoms. The molecular weight excluding hydrogens is 379 g/mol. The average Bonchev–Trinajstić information content (AvgIpc) is 2.57. The van der Waals surface area contributed by atoms with E-state index in [4.69, 9.17) is 0 Å². The van der Waals surface area contributed by atoms with Gasteiger partial charge in [-0.3, -0.25) is 14.2 Å². The number of ketones is 1. The molecule has 4 heteroatoms. The Morgan fingerprint density at radius 2 is 1.21 bits per heavy atom. The third-order valence-electron chi connectivity index (χ3n) is 5.47. The molecule has 0 aliphatic heterocycles. The smallest absolute Gasteiger partial charge is 0.243 e. The largest absolute Gasteiger partial charge is 0.293 e. The molecule has 0 fully saturated rings. The predicted octanol–water partition coefficient (Wildman–Crippen LogP) is 6.77. The molecule has 2 rings (SSSR count). The molecule has 2 atom stereocenters. The van der Waals surface area contributed by atoms with Gasteiger partial charge in [0.15, 0.2) is 13.6 Å². The van der Waals surface area contributed by atoms with Crippen LogP contribution in [-0.2, 0) is 9.98 Å². The summed E-state index contributed by atoms with van der Waals surface area (Å²) < 4.78 is 13.1. The number of aryl methyl sites for hydroxylation is 5. The Bertz CT molecular complexity index is 963. The van der Waals surface area contributed by atoms with Crippen LogP contribution in [0.1, 0.15) is 81.8 Å². The maximum absolute atomic E-state index is 13.2. The van der Waals surface area contributed by atoms with Crippen LogP contribution in [0, 0.1) is 34.6 Å². The lowest BCUT2D eigenvalue weighted by Gasteiger charge is -2.22. The molecule has 0 saturated heterocycles. The summed E-state index contributed by atoms with van der Waals surface area (Å²) in [5.74, 6) is -0.225. The molecule has 1 radical (unpaired) electrons. The molecule has 0 aliphatic rings. The first-order chi connectivity index (χ1) is 13.3. The Labute approximate surface area is 175 Å². The highest BCUT2D eigenvalue weighted by molar-refractivity contribution is 7.66. The van der Waals surface area contributed by atoms with Crippen LogP contribution in [0.15, 0.2) is 24.3 Å². The van der Waals surface area contributed by atoms with Gasteiger partial charge in [-0.25, -0.2) is 0 Å². The van der Waals surface area contributed by atoms with E-state index in [-0.39, 0.29) is 11.2 Å². The molecule has 3 nitrogen and oxygen atoms in total. The summed E-state index contributed by atoms with van der Waals surface area (Å²) in [6.07, 6.45) is 0. The van der Waals surface area contributed by atoms with Crippen molar-refractivity contribution in [3.05, 3.63) is 68.8 Å². The van der Waals surface area contributed by atoms with Gasteiger partial charge in [-0.15, -0.1) is 0 Å². The molecule has 29 heavy (non-hydrogen) atoms. The minimum Gasteiger partial charge on any atom is -0.293 e. The van der Waals surface area contributed by atoms with Crippen LogP contribution in [-0.4, -0.2) is 17.0 Å². The van der Waals surface area contributed by atoms with Gasteiger partial charge in [-0.1, -0.05) is 50.6 Å². The van der Waals surface area contributed by atoms with Gasteiger partial charge in [-0.2, -0.15) is 0 Å². The SMILES string of the molecule is Cc1cc(C)c(C(=O)[P](=O)C(C)C(=O)c2c(C)cc(C(C)(C)C)cc2C)c(C)c1. The van der Waals surface area contributed by atoms with Crippen molar-refractivity contribution in [2.45, 2.75) is 73.4 Å². The molecule has 2 aromatic rings. The Morgan fingerprint density at radius 1 is 0.793 bits per heavy atom. The Kier molecular flexibility index (Phi) is 6.65. The van der Waals surface area contributed by atoms with Crippen LogP contribution < -0.4 is 0 Å². The molecule has 0 N–H and O–H groups in total. The zero-order valence-electron chi connectivity index (χ0n) is 19.1. The van der Waals surface area contributed by atoms with Gasteiger partial charge >= 0.3 is 0 Å². The number of carbonyl (C=O) groups is 2. The number of Topliss-reactive ketones (excluding diaryl/α,β-unsaturated/α-hetero) is 1. The van der Waals surface area contributed by atoms with E-state index in [9.17, 15) is 14.2 Å².